The Balaban J connectivity index is 1.61. The maximum Gasteiger partial charge on any atom is 0.409 e. The van der Waals surface area contributed by atoms with Crippen molar-refractivity contribution in [2.45, 2.75) is 38.6 Å². The number of carbonyl (C=O) groups excluding carboxylic acids is 3. The molecular formula is C24H30N4O6S. The minimum absolute atomic E-state index is 0.0468. The fourth-order valence-corrected chi connectivity index (χ4v) is 4.38. The number of aromatic nitrogens is 1. The summed E-state index contributed by atoms with van der Waals surface area (Å²) in [6.45, 7) is 3.53. The summed E-state index contributed by atoms with van der Waals surface area (Å²) in [5.74, 6) is -1.97. The van der Waals surface area contributed by atoms with Gasteiger partial charge in [-0.3, -0.25) is 14.4 Å². The largest absolute Gasteiger partial charge is 0.481 e. The number of carboxylic acid groups (broad SMARTS) is 1. The van der Waals surface area contributed by atoms with Crippen LogP contribution < -0.4 is 5.32 Å². The molecule has 2 N–H and O–H groups in total. The minimum atomic E-state index is -1.06. The van der Waals surface area contributed by atoms with E-state index >= 15 is 0 Å². The number of carbonyl (C=O) groups is 4. The third kappa shape index (κ3) is 7.51. The average molecular weight is 503 g/mol. The molecule has 1 aliphatic heterocycles. The van der Waals surface area contributed by atoms with Crippen molar-refractivity contribution in [3.63, 3.8) is 0 Å². The van der Waals surface area contributed by atoms with Crippen LogP contribution in [-0.4, -0.2) is 82.6 Å². The Bertz CT molecular complexity index is 1020. The van der Waals surface area contributed by atoms with Gasteiger partial charge < -0.3 is 25.0 Å². The second-order valence-electron chi connectivity index (χ2n) is 8.14. The number of piperazine rings is 1. The molecule has 0 aliphatic carbocycles. The molecule has 35 heavy (non-hydrogen) atoms. The van der Waals surface area contributed by atoms with Crippen molar-refractivity contribution >= 4 is 35.2 Å². The van der Waals surface area contributed by atoms with E-state index < -0.39 is 24.0 Å². The summed E-state index contributed by atoms with van der Waals surface area (Å²) in [5.41, 5.74) is 1.04. The number of nitrogens with zero attached hydrogens (tertiary/aromatic N) is 3. The lowest BCUT2D eigenvalue weighted by atomic mass is 10.1. The monoisotopic (exact) mass is 502 g/mol. The number of unbranched alkanes of at least 4 members (excludes halogenated alkanes) is 1. The van der Waals surface area contributed by atoms with Crippen molar-refractivity contribution < 1.29 is 29.0 Å². The predicted molar refractivity (Wildman–Crippen MR) is 130 cm³/mol. The summed E-state index contributed by atoms with van der Waals surface area (Å²) in [6, 6.07) is 8.41. The molecule has 0 spiro atoms. The number of hydrogen-bond donors (Lipinski definition) is 2. The van der Waals surface area contributed by atoms with E-state index in [0.717, 1.165) is 18.4 Å². The zero-order chi connectivity index (χ0) is 25.2. The molecule has 0 unspecified atom stereocenters. The van der Waals surface area contributed by atoms with Crippen molar-refractivity contribution in [3.8, 4) is 10.6 Å². The first-order valence-electron chi connectivity index (χ1n) is 11.6. The lowest BCUT2D eigenvalue weighted by Gasteiger charge is -2.36. The highest BCUT2D eigenvalue weighted by Gasteiger charge is 2.31. The topological polar surface area (TPSA) is 129 Å². The SMILES string of the molecule is CCCCOC(=O)N1CCN(C(=O)[C@H](CCC(=O)O)NC(=O)c2csc(-c3ccccc3)n2)CC1. The molecular weight excluding hydrogens is 472 g/mol. The molecule has 1 saturated heterocycles. The number of thiazole rings is 1. The van der Waals surface area contributed by atoms with Crippen LogP contribution in [0.2, 0.25) is 0 Å². The smallest absolute Gasteiger partial charge is 0.409 e. The van der Waals surface area contributed by atoms with Gasteiger partial charge in [0.15, 0.2) is 0 Å². The third-order valence-corrected chi connectivity index (χ3v) is 6.47. The van der Waals surface area contributed by atoms with E-state index in [9.17, 15) is 19.2 Å². The quantitative estimate of drug-likeness (QED) is 0.478. The standard InChI is InChI=1S/C24H30N4O6S/c1-2-3-15-34-24(33)28-13-11-27(12-14-28)23(32)18(9-10-20(29)30)25-21(31)19-16-35-22(26-19)17-7-5-4-6-8-17/h4-8,16,18H,2-3,9-15H2,1H3,(H,25,31)(H,29,30)/t18-/m0/s1. The Morgan fingerprint density at radius 2 is 1.80 bits per heavy atom. The molecule has 0 radical (unpaired) electrons. The van der Waals surface area contributed by atoms with Crippen molar-refractivity contribution in [2.24, 2.45) is 0 Å². The van der Waals surface area contributed by atoms with E-state index in [1.165, 1.54) is 11.3 Å². The van der Waals surface area contributed by atoms with Crippen LogP contribution in [0, 0.1) is 0 Å². The normalized spacial score (nSPS) is 14.3. The maximum atomic E-state index is 13.2. The van der Waals surface area contributed by atoms with Crippen molar-refractivity contribution in [3.05, 3.63) is 41.4 Å². The molecule has 10 nitrogen and oxygen atoms in total. The molecule has 1 aromatic heterocycles. The van der Waals surface area contributed by atoms with Gasteiger partial charge in [-0.15, -0.1) is 11.3 Å². The molecule has 188 valence electrons. The second-order valence-corrected chi connectivity index (χ2v) is 9.00. The summed E-state index contributed by atoms with van der Waals surface area (Å²) < 4.78 is 5.22. The molecule has 1 atom stereocenters. The Hall–Kier alpha value is -3.47. The molecule has 0 saturated carbocycles. The number of aliphatic carboxylic acids is 1. The summed E-state index contributed by atoms with van der Waals surface area (Å²) >= 11 is 1.31. The van der Waals surface area contributed by atoms with Crippen molar-refractivity contribution in [1.82, 2.24) is 20.1 Å². The number of carboxylic acids is 1. The number of nitrogens with one attached hydrogen (secondary N) is 1. The molecule has 11 heteroatoms. The summed E-state index contributed by atoms with van der Waals surface area (Å²) in [4.78, 5) is 56.7. The number of rotatable bonds is 10. The highest BCUT2D eigenvalue weighted by atomic mass is 32.1. The van der Waals surface area contributed by atoms with Crippen LogP contribution in [0.5, 0.6) is 0 Å². The fourth-order valence-electron chi connectivity index (χ4n) is 3.57. The van der Waals surface area contributed by atoms with Crippen LogP contribution in [0.4, 0.5) is 4.79 Å². The van der Waals surface area contributed by atoms with E-state index in [0.29, 0.717) is 24.7 Å². The Labute approximate surface area is 207 Å². The maximum absolute atomic E-state index is 13.2. The summed E-state index contributed by atoms with van der Waals surface area (Å²) in [7, 11) is 0. The van der Waals surface area contributed by atoms with Gasteiger partial charge in [0.05, 0.1) is 6.61 Å². The molecule has 0 bridgehead atoms. The third-order valence-electron chi connectivity index (χ3n) is 5.58. The van der Waals surface area contributed by atoms with E-state index in [4.69, 9.17) is 9.84 Å². The number of ether oxygens (including phenoxy) is 1. The van der Waals surface area contributed by atoms with Gasteiger partial charge in [-0.1, -0.05) is 43.7 Å². The second kappa shape index (κ2) is 12.8. The fraction of sp³-hybridized carbons (Fsp3) is 0.458. The van der Waals surface area contributed by atoms with Crippen LogP contribution >= 0.6 is 11.3 Å². The highest BCUT2D eigenvalue weighted by Crippen LogP contribution is 2.23. The number of hydrogen-bond acceptors (Lipinski definition) is 7. The number of benzene rings is 1. The van der Waals surface area contributed by atoms with E-state index in [1.54, 1.807) is 15.2 Å². The van der Waals surface area contributed by atoms with E-state index in [-0.39, 0.29) is 37.5 Å². The first kappa shape index (κ1) is 26.1. The Kier molecular flexibility index (Phi) is 9.59. The molecule has 1 fully saturated rings. The first-order valence-corrected chi connectivity index (χ1v) is 12.5. The summed E-state index contributed by atoms with van der Waals surface area (Å²) in [5, 5.41) is 14.1. The van der Waals surface area contributed by atoms with Crippen LogP contribution in [0.1, 0.15) is 43.1 Å². The lowest BCUT2D eigenvalue weighted by molar-refractivity contribution is -0.138. The van der Waals surface area contributed by atoms with Crippen molar-refractivity contribution in [1.29, 1.82) is 0 Å². The first-order chi connectivity index (χ1) is 16.9. The van der Waals surface area contributed by atoms with Gasteiger partial charge in [0.2, 0.25) is 5.91 Å². The van der Waals surface area contributed by atoms with Crippen LogP contribution in [-0.2, 0) is 14.3 Å². The van der Waals surface area contributed by atoms with Crippen LogP contribution in [0.25, 0.3) is 10.6 Å². The van der Waals surface area contributed by atoms with Gasteiger partial charge >= 0.3 is 12.1 Å². The van der Waals surface area contributed by atoms with Gasteiger partial charge in [0, 0.05) is 43.5 Å². The summed E-state index contributed by atoms with van der Waals surface area (Å²) in [6.07, 6.45) is 0.995. The van der Waals surface area contributed by atoms with Crippen LogP contribution in [0.3, 0.4) is 0 Å². The van der Waals surface area contributed by atoms with Gasteiger partial charge in [-0.05, 0) is 12.8 Å². The minimum Gasteiger partial charge on any atom is -0.481 e. The van der Waals surface area contributed by atoms with Crippen molar-refractivity contribution in [2.75, 3.05) is 32.8 Å². The zero-order valence-electron chi connectivity index (χ0n) is 19.6. The van der Waals surface area contributed by atoms with Gasteiger partial charge in [-0.2, -0.15) is 0 Å². The Morgan fingerprint density at radius 3 is 2.46 bits per heavy atom. The van der Waals surface area contributed by atoms with E-state index in [2.05, 4.69) is 10.3 Å². The van der Waals surface area contributed by atoms with Gasteiger partial charge in [-0.25, -0.2) is 9.78 Å². The Morgan fingerprint density at radius 1 is 1.11 bits per heavy atom. The van der Waals surface area contributed by atoms with Gasteiger partial charge in [0.25, 0.3) is 5.91 Å². The van der Waals surface area contributed by atoms with E-state index in [1.807, 2.05) is 37.3 Å². The molecule has 1 aromatic carbocycles. The molecule has 1 aliphatic rings. The van der Waals surface area contributed by atoms with Crippen LogP contribution in [0.15, 0.2) is 35.7 Å². The molecule has 2 heterocycles. The predicted octanol–water partition coefficient (Wildman–Crippen LogP) is 2.85. The molecule has 2 aromatic rings. The molecule has 3 amide bonds. The number of amides is 3. The average Bonchev–Trinajstić information content (AvgIpc) is 3.37. The zero-order valence-corrected chi connectivity index (χ0v) is 20.5. The highest BCUT2D eigenvalue weighted by molar-refractivity contribution is 7.13. The lowest BCUT2D eigenvalue weighted by Crippen LogP contribution is -2.56. The van der Waals surface area contributed by atoms with Gasteiger partial charge in [0.1, 0.15) is 16.7 Å². The molecule has 3 rings (SSSR count).